The number of ether oxygens (including phenoxy) is 1. The van der Waals surface area contributed by atoms with Gasteiger partial charge in [-0.1, -0.05) is 19.8 Å². The van der Waals surface area contributed by atoms with Crippen LogP contribution in [0.3, 0.4) is 0 Å². The Morgan fingerprint density at radius 2 is 1.92 bits per heavy atom. The van der Waals surface area contributed by atoms with Crippen LogP contribution in [0.5, 0.6) is 0 Å². The summed E-state index contributed by atoms with van der Waals surface area (Å²) in [6.45, 7) is 2.85. The monoisotopic (exact) mass is 172 g/mol. The lowest BCUT2D eigenvalue weighted by Gasteiger charge is -2.31. The average Bonchev–Trinajstić information content (AvgIpc) is 2.06. The highest BCUT2D eigenvalue weighted by Crippen LogP contribution is 2.28. The van der Waals surface area contributed by atoms with E-state index in [-0.39, 0.29) is 0 Å². The zero-order valence-electron chi connectivity index (χ0n) is 8.01. The molecule has 0 atom stereocenters. The first-order valence-corrected chi connectivity index (χ1v) is 5.13. The molecule has 1 aliphatic rings. The molecule has 1 saturated carbocycles. The van der Waals surface area contributed by atoms with Crippen LogP contribution in [0.1, 0.15) is 51.9 Å². The zero-order chi connectivity index (χ0) is 8.86. The van der Waals surface area contributed by atoms with Crippen LogP contribution < -0.4 is 0 Å². The van der Waals surface area contributed by atoms with Crippen LogP contribution >= 0.6 is 0 Å². The Balaban J connectivity index is 2.17. The number of hydrogen-bond donors (Lipinski definition) is 1. The topological polar surface area (TPSA) is 29.5 Å². The van der Waals surface area contributed by atoms with Crippen LogP contribution in [0, 0.1) is 0 Å². The molecule has 0 unspecified atom stereocenters. The molecule has 2 nitrogen and oxygen atoms in total. The first-order chi connectivity index (χ1) is 5.77. The first-order valence-electron chi connectivity index (χ1n) is 5.13. The Kier molecular flexibility index (Phi) is 4.02. The highest BCUT2D eigenvalue weighted by molar-refractivity contribution is 4.72. The summed E-state index contributed by atoms with van der Waals surface area (Å²) >= 11 is 0. The summed E-state index contributed by atoms with van der Waals surface area (Å²) in [4.78, 5) is 0. The molecule has 0 radical (unpaired) electrons. The van der Waals surface area contributed by atoms with Crippen molar-refractivity contribution in [2.75, 3.05) is 6.61 Å². The van der Waals surface area contributed by atoms with Crippen LogP contribution in [-0.2, 0) is 4.74 Å². The molecule has 0 bridgehead atoms. The number of rotatable bonds is 4. The normalized spacial score (nSPS) is 22.5. The van der Waals surface area contributed by atoms with E-state index in [0.29, 0.717) is 6.61 Å². The highest BCUT2D eigenvalue weighted by atomic mass is 16.6. The molecule has 0 aromatic heterocycles. The van der Waals surface area contributed by atoms with Gasteiger partial charge in [-0.25, -0.2) is 0 Å². The lowest BCUT2D eigenvalue weighted by atomic mass is 9.94. The van der Waals surface area contributed by atoms with E-state index in [9.17, 15) is 5.11 Å². The van der Waals surface area contributed by atoms with Crippen LogP contribution in [0.15, 0.2) is 0 Å². The minimum absolute atomic E-state index is 0.715. The van der Waals surface area contributed by atoms with Gasteiger partial charge in [0.2, 0.25) is 0 Å². The summed E-state index contributed by atoms with van der Waals surface area (Å²) in [6.07, 6.45) is 7.33. The molecule has 12 heavy (non-hydrogen) atoms. The Bertz CT molecular complexity index is 117. The molecule has 0 heterocycles. The predicted molar refractivity (Wildman–Crippen MR) is 48.9 cm³/mol. The van der Waals surface area contributed by atoms with Gasteiger partial charge in [-0.2, -0.15) is 0 Å². The third-order valence-electron chi connectivity index (χ3n) is 2.50. The smallest absolute Gasteiger partial charge is 0.165 e. The predicted octanol–water partition coefficient (Wildman–Crippen LogP) is 2.46. The van der Waals surface area contributed by atoms with Crippen LogP contribution in [0.25, 0.3) is 0 Å². The van der Waals surface area contributed by atoms with Crippen LogP contribution in [0.4, 0.5) is 0 Å². The summed E-state index contributed by atoms with van der Waals surface area (Å²) in [5.74, 6) is -0.770. The molecule has 1 rings (SSSR count). The first kappa shape index (κ1) is 10.0. The summed E-state index contributed by atoms with van der Waals surface area (Å²) in [7, 11) is 0. The quantitative estimate of drug-likeness (QED) is 0.521. The minimum atomic E-state index is -0.770. The van der Waals surface area contributed by atoms with Crippen molar-refractivity contribution >= 4 is 0 Å². The highest BCUT2D eigenvalue weighted by Gasteiger charge is 2.29. The number of aliphatic hydroxyl groups is 1. The van der Waals surface area contributed by atoms with Crippen molar-refractivity contribution in [2.45, 2.75) is 57.7 Å². The van der Waals surface area contributed by atoms with Crippen molar-refractivity contribution < 1.29 is 9.84 Å². The van der Waals surface area contributed by atoms with Gasteiger partial charge in [0.05, 0.1) is 6.61 Å². The van der Waals surface area contributed by atoms with E-state index in [2.05, 4.69) is 6.92 Å². The Hall–Kier alpha value is -0.0800. The summed E-state index contributed by atoms with van der Waals surface area (Å²) in [5, 5.41) is 9.88. The lowest BCUT2D eigenvalue weighted by Crippen LogP contribution is -2.34. The Morgan fingerprint density at radius 1 is 1.25 bits per heavy atom. The van der Waals surface area contributed by atoms with Gasteiger partial charge in [-0.3, -0.25) is 0 Å². The van der Waals surface area contributed by atoms with Crippen molar-refractivity contribution in [2.24, 2.45) is 0 Å². The van der Waals surface area contributed by atoms with E-state index in [4.69, 9.17) is 4.74 Å². The minimum Gasteiger partial charge on any atom is -0.365 e. The van der Waals surface area contributed by atoms with Crippen LogP contribution in [0.2, 0.25) is 0 Å². The lowest BCUT2D eigenvalue weighted by molar-refractivity contribution is -0.220. The third kappa shape index (κ3) is 3.11. The molecular weight excluding hydrogens is 152 g/mol. The van der Waals surface area contributed by atoms with E-state index in [1.165, 1.54) is 6.42 Å². The summed E-state index contributed by atoms with van der Waals surface area (Å²) in [5.41, 5.74) is 0. The fourth-order valence-electron chi connectivity index (χ4n) is 1.66. The fraction of sp³-hybridized carbons (Fsp3) is 1.00. The molecule has 1 N–H and O–H groups in total. The van der Waals surface area contributed by atoms with Crippen molar-refractivity contribution in [1.29, 1.82) is 0 Å². The molecule has 0 amide bonds. The van der Waals surface area contributed by atoms with Gasteiger partial charge in [-0.05, 0) is 19.3 Å². The maximum absolute atomic E-state index is 9.88. The Morgan fingerprint density at radius 3 is 2.50 bits per heavy atom. The fourth-order valence-corrected chi connectivity index (χ4v) is 1.66. The van der Waals surface area contributed by atoms with Gasteiger partial charge in [-0.15, -0.1) is 0 Å². The van der Waals surface area contributed by atoms with Gasteiger partial charge in [0.25, 0.3) is 0 Å². The number of hydrogen-bond acceptors (Lipinski definition) is 2. The molecule has 1 fully saturated rings. The maximum atomic E-state index is 9.88. The van der Waals surface area contributed by atoms with Crippen LogP contribution in [-0.4, -0.2) is 17.5 Å². The van der Waals surface area contributed by atoms with Gasteiger partial charge in [0, 0.05) is 12.8 Å². The molecule has 72 valence electrons. The second kappa shape index (κ2) is 4.83. The van der Waals surface area contributed by atoms with E-state index in [1.807, 2.05) is 0 Å². The summed E-state index contributed by atoms with van der Waals surface area (Å²) < 4.78 is 5.47. The van der Waals surface area contributed by atoms with Crippen molar-refractivity contribution in [1.82, 2.24) is 0 Å². The van der Waals surface area contributed by atoms with Crippen molar-refractivity contribution in [3.05, 3.63) is 0 Å². The van der Waals surface area contributed by atoms with E-state index in [0.717, 1.165) is 38.5 Å². The molecule has 0 aromatic rings. The molecule has 0 aliphatic heterocycles. The largest absolute Gasteiger partial charge is 0.365 e. The Labute approximate surface area is 74.9 Å². The number of unbranched alkanes of at least 4 members (excludes halogenated alkanes) is 1. The van der Waals surface area contributed by atoms with Gasteiger partial charge in [0.15, 0.2) is 5.79 Å². The molecule has 2 heteroatoms. The molecule has 1 aliphatic carbocycles. The summed E-state index contributed by atoms with van der Waals surface area (Å²) in [6, 6.07) is 0. The molecular formula is C10H20O2. The van der Waals surface area contributed by atoms with E-state index < -0.39 is 5.79 Å². The average molecular weight is 172 g/mol. The van der Waals surface area contributed by atoms with E-state index >= 15 is 0 Å². The van der Waals surface area contributed by atoms with Crippen molar-refractivity contribution in [3.63, 3.8) is 0 Å². The van der Waals surface area contributed by atoms with Gasteiger partial charge < -0.3 is 9.84 Å². The standard InChI is InChI=1S/C10H20O2/c1-2-3-9-12-10(11)7-5-4-6-8-10/h11H,2-9H2,1H3. The second-order valence-corrected chi connectivity index (χ2v) is 3.71. The maximum Gasteiger partial charge on any atom is 0.165 e. The third-order valence-corrected chi connectivity index (χ3v) is 2.50. The van der Waals surface area contributed by atoms with Gasteiger partial charge in [0.1, 0.15) is 0 Å². The second-order valence-electron chi connectivity index (χ2n) is 3.71. The van der Waals surface area contributed by atoms with Gasteiger partial charge >= 0.3 is 0 Å². The van der Waals surface area contributed by atoms with Crippen molar-refractivity contribution in [3.8, 4) is 0 Å². The molecule has 0 aromatic carbocycles. The molecule has 0 saturated heterocycles. The zero-order valence-corrected chi connectivity index (χ0v) is 8.01. The SMILES string of the molecule is CCCCOC1(O)CCCCC1. The van der Waals surface area contributed by atoms with E-state index in [1.54, 1.807) is 0 Å². The molecule has 0 spiro atoms.